The van der Waals surface area contributed by atoms with E-state index in [9.17, 15) is 4.79 Å². The van der Waals surface area contributed by atoms with Gasteiger partial charge < -0.3 is 5.32 Å². The Kier molecular flexibility index (Phi) is 5.33. The number of carbonyl (C=O) groups excluding carboxylic acids is 1. The molecule has 1 atom stereocenters. The van der Waals surface area contributed by atoms with Crippen molar-refractivity contribution < 1.29 is 4.79 Å². The fraction of sp³-hybridized carbons (Fsp3) is 0.909. The van der Waals surface area contributed by atoms with Gasteiger partial charge in [0, 0.05) is 12.5 Å². The van der Waals surface area contributed by atoms with Crippen LogP contribution in [0.5, 0.6) is 0 Å². The van der Waals surface area contributed by atoms with Crippen LogP contribution in [0.2, 0.25) is 0 Å². The van der Waals surface area contributed by atoms with Crippen LogP contribution in [-0.2, 0) is 4.79 Å². The van der Waals surface area contributed by atoms with E-state index >= 15 is 0 Å². The first-order valence-corrected chi connectivity index (χ1v) is 7.54. The molecule has 0 radical (unpaired) electrons. The molecule has 0 bridgehead atoms. The van der Waals surface area contributed by atoms with Crippen LogP contribution in [0.25, 0.3) is 0 Å². The van der Waals surface area contributed by atoms with Crippen molar-refractivity contribution in [1.29, 1.82) is 0 Å². The first kappa shape index (κ1) is 13.2. The summed E-state index contributed by atoms with van der Waals surface area (Å²) in [6, 6.07) is 0.306. The highest BCUT2D eigenvalue weighted by molar-refractivity contribution is 7.98. The largest absolute Gasteiger partial charge is 0.354 e. The van der Waals surface area contributed by atoms with Gasteiger partial charge in [-0.3, -0.25) is 4.79 Å². The molecule has 0 aliphatic heterocycles. The number of rotatable bonds is 7. The highest BCUT2D eigenvalue weighted by atomic mass is 32.2. The fourth-order valence-corrected chi connectivity index (χ4v) is 2.62. The molecule has 4 heteroatoms. The van der Waals surface area contributed by atoms with Gasteiger partial charge in [-0.05, 0) is 49.4 Å². The minimum Gasteiger partial charge on any atom is -0.354 e. The Bertz CT molecular complexity index is 217. The summed E-state index contributed by atoms with van der Waals surface area (Å²) in [6.07, 6.45) is 6.15. The van der Waals surface area contributed by atoms with Crippen molar-refractivity contribution in [1.82, 2.24) is 5.32 Å². The van der Waals surface area contributed by atoms with E-state index in [1.807, 2.05) is 11.8 Å². The zero-order chi connectivity index (χ0) is 11.3. The van der Waals surface area contributed by atoms with Crippen molar-refractivity contribution in [3.63, 3.8) is 0 Å². The molecule has 15 heavy (non-hydrogen) atoms. The van der Waals surface area contributed by atoms with Crippen LogP contribution in [0.15, 0.2) is 0 Å². The van der Waals surface area contributed by atoms with Crippen LogP contribution in [-0.4, -0.2) is 29.7 Å². The van der Waals surface area contributed by atoms with Crippen molar-refractivity contribution in [2.24, 2.45) is 5.41 Å². The highest BCUT2D eigenvalue weighted by Gasteiger charge is 2.42. The summed E-state index contributed by atoms with van der Waals surface area (Å²) >= 11 is 6.13. The van der Waals surface area contributed by atoms with Gasteiger partial charge >= 0.3 is 0 Å². The Morgan fingerprint density at radius 2 is 2.27 bits per heavy atom. The van der Waals surface area contributed by atoms with E-state index in [0.29, 0.717) is 12.5 Å². The number of nitrogens with one attached hydrogen (secondary N) is 1. The third kappa shape index (κ3) is 4.68. The molecule has 1 N–H and O–H groups in total. The molecule has 1 aliphatic carbocycles. The normalized spacial score (nSPS) is 19.7. The number of hydrogen-bond donors (Lipinski definition) is 2. The van der Waals surface area contributed by atoms with Crippen molar-refractivity contribution in [3.05, 3.63) is 0 Å². The van der Waals surface area contributed by atoms with Crippen LogP contribution >= 0.6 is 24.4 Å². The zero-order valence-electron chi connectivity index (χ0n) is 9.58. The van der Waals surface area contributed by atoms with Crippen molar-refractivity contribution in [2.75, 3.05) is 17.8 Å². The number of thioether (sulfide) groups is 1. The van der Waals surface area contributed by atoms with Crippen LogP contribution in [0.4, 0.5) is 0 Å². The van der Waals surface area contributed by atoms with Crippen LogP contribution in [0.1, 0.15) is 32.6 Å². The predicted octanol–water partition coefficient (Wildman–Crippen LogP) is 2.34. The van der Waals surface area contributed by atoms with Gasteiger partial charge in [-0.1, -0.05) is 0 Å². The second-order valence-electron chi connectivity index (χ2n) is 4.58. The molecule has 0 spiro atoms. The zero-order valence-corrected chi connectivity index (χ0v) is 11.3. The Morgan fingerprint density at radius 3 is 2.73 bits per heavy atom. The molecule has 1 amide bonds. The Labute approximate surface area is 102 Å². The monoisotopic (exact) mass is 247 g/mol. The number of carbonyl (C=O) groups is 1. The SMILES string of the molecule is CSCCC(C)NC(=O)CC1(CS)CC1. The third-order valence-electron chi connectivity index (χ3n) is 2.99. The van der Waals surface area contributed by atoms with Crippen LogP contribution in [0, 0.1) is 5.41 Å². The lowest BCUT2D eigenvalue weighted by molar-refractivity contribution is -0.122. The van der Waals surface area contributed by atoms with E-state index in [2.05, 4.69) is 31.1 Å². The Morgan fingerprint density at radius 1 is 1.60 bits per heavy atom. The molecule has 1 unspecified atom stereocenters. The lowest BCUT2D eigenvalue weighted by Gasteiger charge is -2.16. The number of amides is 1. The molecule has 0 aromatic heterocycles. The summed E-state index contributed by atoms with van der Waals surface area (Å²) in [4.78, 5) is 11.7. The summed E-state index contributed by atoms with van der Waals surface area (Å²) in [5, 5.41) is 3.06. The van der Waals surface area contributed by atoms with Crippen LogP contribution < -0.4 is 5.32 Å². The second-order valence-corrected chi connectivity index (χ2v) is 5.89. The summed E-state index contributed by atoms with van der Waals surface area (Å²) in [6.45, 7) is 2.08. The van der Waals surface area contributed by atoms with Crippen LogP contribution in [0.3, 0.4) is 0 Å². The molecule has 88 valence electrons. The van der Waals surface area contributed by atoms with Gasteiger partial charge in [-0.15, -0.1) is 0 Å². The van der Waals surface area contributed by atoms with Gasteiger partial charge in [0.2, 0.25) is 5.91 Å². The van der Waals surface area contributed by atoms with Gasteiger partial charge in [0.15, 0.2) is 0 Å². The molecule has 0 aromatic rings. The minimum atomic E-state index is 0.204. The average molecular weight is 247 g/mol. The van der Waals surface area contributed by atoms with E-state index in [1.54, 1.807) is 0 Å². The predicted molar refractivity (Wildman–Crippen MR) is 70.7 cm³/mol. The lowest BCUT2D eigenvalue weighted by atomic mass is 10.0. The maximum Gasteiger partial charge on any atom is 0.220 e. The molecule has 0 aromatic carbocycles. The fourth-order valence-electron chi connectivity index (χ4n) is 1.60. The summed E-state index contributed by atoms with van der Waals surface area (Å²) in [5.74, 6) is 2.16. The average Bonchev–Trinajstić information content (AvgIpc) is 2.95. The maximum atomic E-state index is 11.7. The summed E-state index contributed by atoms with van der Waals surface area (Å²) in [5.41, 5.74) is 0.242. The van der Waals surface area contributed by atoms with E-state index in [1.165, 1.54) is 12.8 Å². The molecule has 1 aliphatic rings. The molecule has 1 fully saturated rings. The molecular formula is C11H21NOS2. The van der Waals surface area contributed by atoms with E-state index in [0.717, 1.165) is 17.9 Å². The van der Waals surface area contributed by atoms with Crippen molar-refractivity contribution in [3.8, 4) is 0 Å². The smallest absolute Gasteiger partial charge is 0.220 e. The number of thiol groups is 1. The quantitative estimate of drug-likeness (QED) is 0.676. The molecule has 0 saturated heterocycles. The standard InChI is InChI=1S/C11H21NOS2/c1-9(3-6-15-2)12-10(13)7-11(8-14)4-5-11/h9,14H,3-8H2,1-2H3,(H,12,13). The minimum absolute atomic E-state index is 0.204. The van der Waals surface area contributed by atoms with Gasteiger partial charge in [0.05, 0.1) is 0 Å². The molecule has 0 heterocycles. The van der Waals surface area contributed by atoms with Gasteiger partial charge in [-0.2, -0.15) is 24.4 Å². The Hall–Kier alpha value is 0.170. The third-order valence-corrected chi connectivity index (χ3v) is 4.31. The molecular weight excluding hydrogens is 226 g/mol. The van der Waals surface area contributed by atoms with E-state index in [-0.39, 0.29) is 11.3 Å². The first-order valence-electron chi connectivity index (χ1n) is 5.51. The van der Waals surface area contributed by atoms with Gasteiger partial charge in [0.25, 0.3) is 0 Å². The van der Waals surface area contributed by atoms with Gasteiger partial charge in [-0.25, -0.2) is 0 Å². The molecule has 1 saturated carbocycles. The van der Waals surface area contributed by atoms with E-state index in [4.69, 9.17) is 0 Å². The summed E-state index contributed by atoms with van der Waals surface area (Å²) in [7, 11) is 0. The number of hydrogen-bond acceptors (Lipinski definition) is 3. The topological polar surface area (TPSA) is 29.1 Å². The Balaban J connectivity index is 2.18. The second kappa shape index (κ2) is 6.04. The van der Waals surface area contributed by atoms with E-state index < -0.39 is 0 Å². The highest BCUT2D eigenvalue weighted by Crippen LogP contribution is 2.49. The van der Waals surface area contributed by atoms with Crippen molar-refractivity contribution >= 4 is 30.3 Å². The van der Waals surface area contributed by atoms with Gasteiger partial charge in [0.1, 0.15) is 0 Å². The lowest BCUT2D eigenvalue weighted by Crippen LogP contribution is -2.34. The van der Waals surface area contributed by atoms with Crippen molar-refractivity contribution in [2.45, 2.75) is 38.6 Å². The molecule has 1 rings (SSSR count). The molecule has 2 nitrogen and oxygen atoms in total. The first-order chi connectivity index (χ1) is 7.12. The summed E-state index contributed by atoms with van der Waals surface area (Å²) < 4.78 is 0. The maximum absolute atomic E-state index is 11.7.